The van der Waals surface area contributed by atoms with Gasteiger partial charge in [0.05, 0.1) is 17.7 Å². The number of methoxy groups -OCH3 is 1. The summed E-state index contributed by atoms with van der Waals surface area (Å²) in [6.07, 6.45) is 0.340. The summed E-state index contributed by atoms with van der Waals surface area (Å²) in [6, 6.07) is 20.4. The second-order valence-corrected chi connectivity index (χ2v) is 10.5. The van der Waals surface area contributed by atoms with E-state index >= 15 is 0 Å². The maximum atomic E-state index is 13.8. The molecule has 3 rings (SSSR count). The average Bonchev–Trinajstić information content (AvgIpc) is 2.92. The van der Waals surface area contributed by atoms with Gasteiger partial charge >= 0.3 is 0 Å². The summed E-state index contributed by atoms with van der Waals surface area (Å²) in [6.45, 7) is 1.39. The molecule has 0 fully saturated rings. The summed E-state index contributed by atoms with van der Waals surface area (Å²) in [7, 11) is -1.10. The van der Waals surface area contributed by atoms with Crippen LogP contribution in [0.2, 0.25) is 5.02 Å². The SMILES string of the molecule is CCC(C(=O)NC)N(Cc1ccc(Cl)cc1)C(=O)CN(c1ccc(OC)cc1)S(=O)(=O)c1ccccc1. The zero-order valence-electron chi connectivity index (χ0n) is 20.9. The van der Waals surface area contributed by atoms with E-state index in [2.05, 4.69) is 5.32 Å². The molecule has 1 N–H and O–H groups in total. The Hall–Kier alpha value is -3.56. The van der Waals surface area contributed by atoms with Crippen LogP contribution in [0, 0.1) is 0 Å². The number of hydrogen-bond donors (Lipinski definition) is 1. The lowest BCUT2D eigenvalue weighted by atomic mass is 10.1. The second-order valence-electron chi connectivity index (χ2n) is 8.21. The van der Waals surface area contributed by atoms with E-state index in [1.807, 2.05) is 0 Å². The fourth-order valence-electron chi connectivity index (χ4n) is 3.87. The van der Waals surface area contributed by atoms with Gasteiger partial charge in [-0.15, -0.1) is 0 Å². The maximum absolute atomic E-state index is 13.8. The molecule has 3 aromatic rings. The second kappa shape index (κ2) is 12.6. The molecule has 1 atom stereocenters. The van der Waals surface area contributed by atoms with Crippen LogP contribution in [0.25, 0.3) is 0 Å². The molecule has 0 saturated heterocycles. The van der Waals surface area contributed by atoms with Crippen molar-refractivity contribution in [3.05, 3.63) is 89.4 Å². The zero-order chi connectivity index (χ0) is 27.0. The van der Waals surface area contributed by atoms with Crippen LogP contribution in [0.5, 0.6) is 5.75 Å². The third-order valence-electron chi connectivity index (χ3n) is 5.87. The highest BCUT2D eigenvalue weighted by Crippen LogP contribution is 2.26. The van der Waals surface area contributed by atoms with Gasteiger partial charge in [0.15, 0.2) is 0 Å². The standard InChI is InChI=1S/C27H30ClN3O5S/c1-4-25(27(33)29-2)30(18-20-10-12-21(28)13-11-20)26(32)19-31(22-14-16-23(36-3)17-15-22)37(34,35)24-8-6-5-7-9-24/h5-17,25H,4,18-19H2,1-3H3,(H,29,33). The maximum Gasteiger partial charge on any atom is 0.264 e. The van der Waals surface area contributed by atoms with Gasteiger partial charge in [0.2, 0.25) is 11.8 Å². The first kappa shape index (κ1) is 28.0. The van der Waals surface area contributed by atoms with E-state index in [4.69, 9.17) is 16.3 Å². The molecule has 0 aliphatic rings. The number of carbonyl (C=O) groups is 2. The first-order chi connectivity index (χ1) is 17.7. The summed E-state index contributed by atoms with van der Waals surface area (Å²) >= 11 is 6.01. The molecule has 3 aromatic carbocycles. The molecule has 37 heavy (non-hydrogen) atoms. The molecule has 0 aliphatic heterocycles. The summed E-state index contributed by atoms with van der Waals surface area (Å²) in [4.78, 5) is 28.0. The average molecular weight is 544 g/mol. The van der Waals surface area contributed by atoms with E-state index < -0.39 is 28.5 Å². The number of rotatable bonds is 11. The molecule has 0 radical (unpaired) electrons. The number of anilines is 1. The Morgan fingerprint density at radius 1 is 0.973 bits per heavy atom. The molecule has 0 heterocycles. The number of amides is 2. The molecule has 2 amide bonds. The van der Waals surface area contributed by atoms with E-state index in [0.717, 1.165) is 9.87 Å². The number of ether oxygens (including phenoxy) is 1. The number of sulfonamides is 1. The minimum Gasteiger partial charge on any atom is -0.497 e. The lowest BCUT2D eigenvalue weighted by Gasteiger charge is -2.33. The third kappa shape index (κ3) is 6.81. The molecule has 196 valence electrons. The van der Waals surface area contributed by atoms with Crippen molar-refractivity contribution in [1.29, 1.82) is 0 Å². The number of benzene rings is 3. The molecule has 0 bridgehead atoms. The monoisotopic (exact) mass is 543 g/mol. The summed E-state index contributed by atoms with van der Waals surface area (Å²) in [5.41, 5.74) is 1.04. The van der Waals surface area contributed by atoms with Crippen LogP contribution in [0.1, 0.15) is 18.9 Å². The van der Waals surface area contributed by atoms with Crippen LogP contribution >= 0.6 is 11.6 Å². The van der Waals surface area contributed by atoms with E-state index in [0.29, 0.717) is 17.2 Å². The van der Waals surface area contributed by atoms with E-state index in [1.165, 1.54) is 31.2 Å². The van der Waals surface area contributed by atoms with Gasteiger partial charge in [-0.1, -0.05) is 48.9 Å². The molecule has 0 spiro atoms. The Morgan fingerprint density at radius 2 is 1.59 bits per heavy atom. The third-order valence-corrected chi connectivity index (χ3v) is 7.91. The summed E-state index contributed by atoms with van der Waals surface area (Å²) in [5.74, 6) is -0.324. The van der Waals surface area contributed by atoms with Crippen molar-refractivity contribution in [2.45, 2.75) is 30.8 Å². The molecule has 0 aromatic heterocycles. The van der Waals surface area contributed by atoms with Crippen LogP contribution in [-0.4, -0.2) is 51.9 Å². The molecule has 0 aliphatic carbocycles. The van der Waals surface area contributed by atoms with Crippen molar-refractivity contribution in [2.75, 3.05) is 25.0 Å². The Bertz CT molecular complexity index is 1300. The van der Waals surface area contributed by atoms with Crippen LogP contribution in [0.15, 0.2) is 83.8 Å². The van der Waals surface area contributed by atoms with Crippen LogP contribution < -0.4 is 14.4 Å². The van der Waals surface area contributed by atoms with Gasteiger partial charge in [-0.3, -0.25) is 13.9 Å². The van der Waals surface area contributed by atoms with Crippen molar-refractivity contribution in [3.8, 4) is 5.75 Å². The van der Waals surface area contributed by atoms with Crippen molar-refractivity contribution in [3.63, 3.8) is 0 Å². The number of halogens is 1. The van der Waals surface area contributed by atoms with Gasteiger partial charge in [-0.25, -0.2) is 8.42 Å². The summed E-state index contributed by atoms with van der Waals surface area (Å²) in [5, 5.41) is 3.14. The fraction of sp³-hybridized carbons (Fsp3) is 0.259. The van der Waals surface area contributed by atoms with E-state index in [1.54, 1.807) is 73.7 Å². The number of nitrogens with one attached hydrogen (secondary N) is 1. The Balaban J connectivity index is 2.04. The van der Waals surface area contributed by atoms with Crippen molar-refractivity contribution in [2.24, 2.45) is 0 Å². The lowest BCUT2D eigenvalue weighted by molar-refractivity contribution is -0.140. The Kier molecular flexibility index (Phi) is 9.54. The van der Waals surface area contributed by atoms with Crippen LogP contribution in [-0.2, 0) is 26.2 Å². The predicted octanol–water partition coefficient (Wildman–Crippen LogP) is 4.10. The van der Waals surface area contributed by atoms with Gasteiger partial charge < -0.3 is 15.0 Å². The topological polar surface area (TPSA) is 96.0 Å². The van der Waals surface area contributed by atoms with E-state index in [9.17, 15) is 18.0 Å². The minimum absolute atomic E-state index is 0.0428. The Morgan fingerprint density at radius 3 is 2.14 bits per heavy atom. The molecule has 10 heteroatoms. The normalized spacial score (nSPS) is 11.9. The number of carbonyl (C=O) groups excluding carboxylic acids is 2. The van der Waals surface area contributed by atoms with Gasteiger partial charge in [0, 0.05) is 18.6 Å². The Labute approximate surface area is 222 Å². The minimum atomic E-state index is -4.11. The molecular weight excluding hydrogens is 514 g/mol. The highest BCUT2D eigenvalue weighted by molar-refractivity contribution is 7.92. The van der Waals surface area contributed by atoms with Gasteiger partial charge in [-0.2, -0.15) is 0 Å². The first-order valence-corrected chi connectivity index (χ1v) is 13.5. The highest BCUT2D eigenvalue weighted by atomic mass is 35.5. The zero-order valence-corrected chi connectivity index (χ0v) is 22.5. The van der Waals surface area contributed by atoms with Crippen LogP contribution in [0.4, 0.5) is 5.69 Å². The molecule has 0 saturated carbocycles. The largest absolute Gasteiger partial charge is 0.497 e. The quantitative estimate of drug-likeness (QED) is 0.393. The van der Waals surface area contributed by atoms with Gasteiger partial charge in [-0.05, 0) is 60.5 Å². The first-order valence-electron chi connectivity index (χ1n) is 11.7. The highest BCUT2D eigenvalue weighted by Gasteiger charge is 2.33. The smallest absolute Gasteiger partial charge is 0.264 e. The molecule has 8 nitrogen and oxygen atoms in total. The van der Waals surface area contributed by atoms with E-state index in [-0.39, 0.29) is 23.0 Å². The lowest BCUT2D eigenvalue weighted by Crippen LogP contribution is -2.51. The van der Waals surface area contributed by atoms with Crippen molar-refractivity contribution in [1.82, 2.24) is 10.2 Å². The number of nitrogens with zero attached hydrogens (tertiary/aromatic N) is 2. The van der Waals surface area contributed by atoms with Gasteiger partial charge in [0.25, 0.3) is 10.0 Å². The molecule has 1 unspecified atom stereocenters. The van der Waals surface area contributed by atoms with Crippen molar-refractivity contribution >= 4 is 39.1 Å². The molecular formula is C27H30ClN3O5S. The predicted molar refractivity (Wildman–Crippen MR) is 144 cm³/mol. The van der Waals surface area contributed by atoms with Gasteiger partial charge in [0.1, 0.15) is 18.3 Å². The fourth-order valence-corrected chi connectivity index (χ4v) is 5.43. The van der Waals surface area contributed by atoms with Crippen molar-refractivity contribution < 1.29 is 22.7 Å². The van der Waals surface area contributed by atoms with Crippen LogP contribution in [0.3, 0.4) is 0 Å². The summed E-state index contributed by atoms with van der Waals surface area (Å²) < 4.78 is 33.7. The number of likely N-dealkylation sites (N-methyl/N-ethyl adjacent to an activating group) is 1. The number of hydrogen-bond acceptors (Lipinski definition) is 5.